The maximum Gasteiger partial charge on any atom is 0.237 e. The van der Waals surface area contributed by atoms with Gasteiger partial charge in [-0.1, -0.05) is 45.0 Å². The molecule has 0 bridgehead atoms. The predicted octanol–water partition coefficient (Wildman–Crippen LogP) is 4.07. The number of carbonyl (C=O) groups excluding carboxylic acids is 2. The maximum atomic E-state index is 13.3. The van der Waals surface area contributed by atoms with Crippen LogP contribution in [0.5, 0.6) is 0 Å². The van der Waals surface area contributed by atoms with Crippen molar-refractivity contribution in [2.24, 2.45) is 5.41 Å². The number of hydrogen-bond donors (Lipinski definition) is 1. The molecular weight excluding hydrogens is 350 g/mol. The van der Waals surface area contributed by atoms with Gasteiger partial charge in [-0.25, -0.2) is 0 Å². The molecule has 1 N–H and O–H groups in total. The molecular formula is C23H27N3O2. The van der Waals surface area contributed by atoms with Gasteiger partial charge in [0.25, 0.3) is 0 Å². The van der Waals surface area contributed by atoms with Crippen LogP contribution in [0.4, 0.5) is 5.69 Å². The lowest BCUT2D eigenvalue weighted by molar-refractivity contribution is -0.134. The van der Waals surface area contributed by atoms with Crippen LogP contribution in [0.15, 0.2) is 48.8 Å². The monoisotopic (exact) mass is 377 g/mol. The molecule has 1 fully saturated rings. The number of aromatic nitrogens is 1. The Bertz CT molecular complexity index is 904. The van der Waals surface area contributed by atoms with Gasteiger partial charge >= 0.3 is 0 Å². The first-order chi connectivity index (χ1) is 13.3. The number of likely N-dealkylation sites (tertiary alicyclic amines) is 1. The molecule has 28 heavy (non-hydrogen) atoms. The highest BCUT2D eigenvalue weighted by molar-refractivity contribution is 6.07. The highest BCUT2D eigenvalue weighted by Crippen LogP contribution is 2.54. The van der Waals surface area contributed by atoms with E-state index in [0.717, 1.165) is 23.2 Å². The molecule has 0 aliphatic carbocycles. The van der Waals surface area contributed by atoms with Crippen molar-refractivity contribution in [3.63, 3.8) is 0 Å². The van der Waals surface area contributed by atoms with Crippen LogP contribution >= 0.6 is 0 Å². The maximum absolute atomic E-state index is 13.3. The van der Waals surface area contributed by atoms with Gasteiger partial charge in [0.15, 0.2) is 0 Å². The Morgan fingerprint density at radius 3 is 2.75 bits per heavy atom. The normalized spacial score (nSPS) is 23.8. The molecule has 3 heterocycles. The van der Waals surface area contributed by atoms with Crippen LogP contribution in [-0.4, -0.2) is 28.2 Å². The van der Waals surface area contributed by atoms with Crippen molar-refractivity contribution in [3.05, 3.63) is 59.9 Å². The lowest BCUT2D eigenvalue weighted by Gasteiger charge is -2.34. The number of fused-ring (bicyclic) bond motifs is 2. The van der Waals surface area contributed by atoms with Crippen molar-refractivity contribution in [2.45, 2.75) is 51.5 Å². The quantitative estimate of drug-likeness (QED) is 0.877. The summed E-state index contributed by atoms with van der Waals surface area (Å²) in [6, 6.07) is 11.4. The second-order valence-electron chi connectivity index (χ2n) is 9.06. The third-order valence-corrected chi connectivity index (χ3v) is 6.00. The number of pyridine rings is 1. The van der Waals surface area contributed by atoms with Gasteiger partial charge in [-0.2, -0.15) is 0 Å². The molecule has 2 aliphatic rings. The number of amides is 2. The van der Waals surface area contributed by atoms with Gasteiger partial charge in [0.05, 0.1) is 6.04 Å². The zero-order chi connectivity index (χ0) is 19.9. The van der Waals surface area contributed by atoms with Gasteiger partial charge in [-0.15, -0.1) is 0 Å². The van der Waals surface area contributed by atoms with Crippen LogP contribution in [0.3, 0.4) is 0 Å². The fraction of sp³-hybridized carbons (Fsp3) is 0.435. The molecule has 2 unspecified atom stereocenters. The summed E-state index contributed by atoms with van der Waals surface area (Å²) in [6.07, 6.45) is 5.43. The Morgan fingerprint density at radius 2 is 2.04 bits per heavy atom. The smallest absolute Gasteiger partial charge is 0.237 e. The van der Waals surface area contributed by atoms with Crippen LogP contribution in [0.25, 0.3) is 0 Å². The Balaban J connectivity index is 1.77. The van der Waals surface area contributed by atoms with Crippen molar-refractivity contribution < 1.29 is 9.59 Å². The lowest BCUT2D eigenvalue weighted by atomic mass is 9.73. The number of nitrogens with one attached hydrogen (secondary N) is 1. The van der Waals surface area contributed by atoms with E-state index in [1.807, 2.05) is 41.3 Å². The zero-order valence-corrected chi connectivity index (χ0v) is 16.7. The van der Waals surface area contributed by atoms with Crippen molar-refractivity contribution in [1.82, 2.24) is 9.88 Å². The Labute approximate surface area is 166 Å². The van der Waals surface area contributed by atoms with Crippen molar-refractivity contribution in [2.75, 3.05) is 11.9 Å². The molecule has 1 saturated heterocycles. The lowest BCUT2D eigenvalue weighted by Crippen LogP contribution is -2.42. The van der Waals surface area contributed by atoms with E-state index in [1.54, 1.807) is 12.4 Å². The van der Waals surface area contributed by atoms with Crippen LogP contribution in [0.2, 0.25) is 0 Å². The molecule has 0 saturated carbocycles. The molecule has 1 spiro atoms. The van der Waals surface area contributed by atoms with E-state index >= 15 is 0 Å². The first-order valence-electron chi connectivity index (χ1n) is 9.93. The molecule has 2 atom stereocenters. The summed E-state index contributed by atoms with van der Waals surface area (Å²) >= 11 is 0. The van der Waals surface area contributed by atoms with Crippen LogP contribution in [-0.2, 0) is 15.0 Å². The fourth-order valence-corrected chi connectivity index (χ4v) is 4.58. The largest absolute Gasteiger partial charge is 0.334 e. The average Bonchev–Trinajstić information content (AvgIpc) is 3.20. The summed E-state index contributed by atoms with van der Waals surface area (Å²) < 4.78 is 0. The van der Waals surface area contributed by atoms with Crippen LogP contribution < -0.4 is 5.32 Å². The van der Waals surface area contributed by atoms with Crippen LogP contribution in [0.1, 0.15) is 57.2 Å². The van der Waals surface area contributed by atoms with E-state index in [4.69, 9.17) is 0 Å². The molecule has 5 heteroatoms. The van der Waals surface area contributed by atoms with Crippen molar-refractivity contribution in [1.29, 1.82) is 0 Å². The van der Waals surface area contributed by atoms with Gasteiger partial charge in [-0.3, -0.25) is 14.6 Å². The van der Waals surface area contributed by atoms with Gasteiger partial charge in [0.1, 0.15) is 5.41 Å². The molecule has 4 rings (SSSR count). The third kappa shape index (κ3) is 2.99. The van der Waals surface area contributed by atoms with E-state index in [9.17, 15) is 9.59 Å². The zero-order valence-electron chi connectivity index (χ0n) is 16.7. The number of hydrogen-bond acceptors (Lipinski definition) is 3. The SMILES string of the molecule is CC(C)(C)CCC(=O)N1CCC2(C(=O)Nc3ccccc32)C1c1cccnc1. The summed E-state index contributed by atoms with van der Waals surface area (Å²) in [4.78, 5) is 32.6. The highest BCUT2D eigenvalue weighted by atomic mass is 16.2. The molecule has 146 valence electrons. The first kappa shape index (κ1) is 18.7. The van der Waals surface area contributed by atoms with Gasteiger partial charge in [0, 0.05) is 31.0 Å². The Hall–Kier alpha value is -2.69. The van der Waals surface area contributed by atoms with Gasteiger partial charge in [-0.05, 0) is 41.5 Å². The average molecular weight is 377 g/mol. The second-order valence-corrected chi connectivity index (χ2v) is 9.06. The van der Waals surface area contributed by atoms with Crippen LogP contribution in [0, 0.1) is 5.41 Å². The standard InChI is InChI=1S/C23H27N3O2/c1-22(2,3)11-10-19(27)26-14-12-23(20(26)16-7-6-13-24-15-16)17-8-4-5-9-18(17)25-21(23)28/h4-9,13,15,20H,10-12,14H2,1-3H3,(H,25,28). The Kier molecular flexibility index (Phi) is 4.48. The summed E-state index contributed by atoms with van der Waals surface area (Å²) in [5.41, 5.74) is 2.09. The molecule has 2 aliphatic heterocycles. The topological polar surface area (TPSA) is 62.3 Å². The number of carbonyl (C=O) groups is 2. The van der Waals surface area contributed by atoms with E-state index in [0.29, 0.717) is 19.4 Å². The molecule has 5 nitrogen and oxygen atoms in total. The molecule has 1 aromatic carbocycles. The number of benzene rings is 1. The number of nitrogens with zero attached hydrogens (tertiary/aromatic N) is 2. The second kappa shape index (κ2) is 6.73. The minimum Gasteiger partial charge on any atom is -0.334 e. The van der Waals surface area contributed by atoms with Crippen molar-refractivity contribution in [3.8, 4) is 0 Å². The highest BCUT2D eigenvalue weighted by Gasteiger charge is 2.59. The number of rotatable bonds is 3. The van der Waals surface area contributed by atoms with Gasteiger partial charge < -0.3 is 10.2 Å². The summed E-state index contributed by atoms with van der Waals surface area (Å²) in [6.45, 7) is 7.01. The predicted molar refractivity (Wildman–Crippen MR) is 109 cm³/mol. The third-order valence-electron chi connectivity index (χ3n) is 6.00. The minimum atomic E-state index is -0.753. The number of para-hydroxylation sites is 1. The molecule has 2 aromatic rings. The van der Waals surface area contributed by atoms with E-state index in [2.05, 4.69) is 31.1 Å². The summed E-state index contributed by atoms with van der Waals surface area (Å²) in [5, 5.41) is 3.05. The van der Waals surface area contributed by atoms with E-state index in [1.165, 1.54) is 0 Å². The Morgan fingerprint density at radius 1 is 1.25 bits per heavy atom. The van der Waals surface area contributed by atoms with Gasteiger partial charge in [0.2, 0.25) is 11.8 Å². The summed E-state index contributed by atoms with van der Waals surface area (Å²) in [7, 11) is 0. The first-order valence-corrected chi connectivity index (χ1v) is 9.93. The molecule has 2 amide bonds. The van der Waals surface area contributed by atoms with E-state index in [-0.39, 0.29) is 23.3 Å². The molecule has 0 radical (unpaired) electrons. The van der Waals surface area contributed by atoms with Crippen molar-refractivity contribution >= 4 is 17.5 Å². The molecule has 1 aromatic heterocycles. The summed E-state index contributed by atoms with van der Waals surface area (Å²) in [5.74, 6) is 0.0894. The number of anilines is 1. The minimum absolute atomic E-state index is 0.0197. The fourth-order valence-electron chi connectivity index (χ4n) is 4.58. The van der Waals surface area contributed by atoms with E-state index < -0.39 is 5.41 Å².